The second-order valence-electron chi connectivity index (χ2n) is 2.27. The molecule has 0 fully saturated rings. The van der Waals surface area contributed by atoms with Gasteiger partial charge in [0.1, 0.15) is 0 Å². The zero-order chi connectivity index (χ0) is 8.27. The Balaban J connectivity index is 0.00000121. The fraction of sp³-hybridized carbons (Fsp3) is 0.250. The summed E-state index contributed by atoms with van der Waals surface area (Å²) >= 11 is 5.80. The highest BCUT2D eigenvalue weighted by Gasteiger charge is 1.97. The molecule has 1 nitrogen and oxygen atoms in total. The molecule has 12 heavy (non-hydrogen) atoms. The molecular weight excluding hydrogens is 352 g/mol. The van der Waals surface area contributed by atoms with Crippen LogP contribution in [0.15, 0.2) is 22.7 Å². The molecule has 0 heterocycles. The predicted octanol–water partition coefficient (Wildman–Crippen LogP) is 3.19. The fourth-order valence-corrected chi connectivity index (χ4v) is 2.29. The zero-order valence-corrected chi connectivity index (χ0v) is 11.2. The quantitative estimate of drug-likeness (QED) is 0.797. The molecule has 0 radical (unpaired) electrons. The molecule has 0 spiro atoms. The van der Waals surface area contributed by atoms with Gasteiger partial charge in [-0.25, -0.2) is 0 Å². The van der Waals surface area contributed by atoms with Crippen LogP contribution in [0.3, 0.4) is 0 Å². The average Bonchev–Trinajstić information content (AvgIpc) is 1.95. The van der Waals surface area contributed by atoms with Gasteiger partial charge in [0.05, 0.1) is 0 Å². The maximum absolute atomic E-state index is 3.50. The Kier molecular flexibility index (Phi) is 6.53. The van der Waals surface area contributed by atoms with E-state index in [1.165, 1.54) is 13.6 Å². The van der Waals surface area contributed by atoms with Gasteiger partial charge in [-0.15, -0.1) is 12.4 Å². The number of hydrogen-bond donors (Lipinski definition) is 1. The van der Waals surface area contributed by atoms with Gasteiger partial charge < -0.3 is 5.32 Å². The summed E-state index contributed by atoms with van der Waals surface area (Å²) < 4.78 is 2.44. The van der Waals surface area contributed by atoms with Crippen molar-refractivity contribution in [3.05, 3.63) is 31.8 Å². The predicted molar refractivity (Wildman–Crippen MR) is 66.9 cm³/mol. The summed E-state index contributed by atoms with van der Waals surface area (Å²) in [5.41, 5.74) is 1.30. The lowest BCUT2D eigenvalue weighted by molar-refractivity contribution is 0.814. The summed E-state index contributed by atoms with van der Waals surface area (Å²) in [6, 6.07) is 6.35. The molecule has 1 aromatic carbocycles. The SMILES string of the molecule is CNCc1ccc(I)cc1Br.Cl. The van der Waals surface area contributed by atoms with E-state index in [4.69, 9.17) is 0 Å². The second kappa shape index (κ2) is 6.18. The van der Waals surface area contributed by atoms with Gasteiger partial charge >= 0.3 is 0 Å². The van der Waals surface area contributed by atoms with Crippen molar-refractivity contribution in [2.24, 2.45) is 0 Å². The molecule has 0 aliphatic carbocycles. The number of nitrogens with one attached hydrogen (secondary N) is 1. The molecule has 0 aliphatic rings. The standard InChI is InChI=1S/C8H9BrIN.ClH/c1-11-5-6-2-3-7(10)4-8(6)9;/h2-4,11H,5H2,1H3;1H. The van der Waals surface area contributed by atoms with Crippen molar-refractivity contribution in [3.8, 4) is 0 Å². The second-order valence-corrected chi connectivity index (χ2v) is 4.37. The van der Waals surface area contributed by atoms with Gasteiger partial charge in [0.25, 0.3) is 0 Å². The van der Waals surface area contributed by atoms with E-state index in [1.54, 1.807) is 0 Å². The van der Waals surface area contributed by atoms with Crippen molar-refractivity contribution in [2.45, 2.75) is 6.54 Å². The van der Waals surface area contributed by atoms with E-state index in [0.717, 1.165) is 6.54 Å². The lowest BCUT2D eigenvalue weighted by Gasteiger charge is -2.02. The summed E-state index contributed by atoms with van der Waals surface area (Å²) in [5.74, 6) is 0. The highest BCUT2D eigenvalue weighted by atomic mass is 127. The van der Waals surface area contributed by atoms with Crippen molar-refractivity contribution in [1.82, 2.24) is 5.32 Å². The molecule has 0 unspecified atom stereocenters. The van der Waals surface area contributed by atoms with E-state index in [1.807, 2.05) is 7.05 Å². The number of rotatable bonds is 2. The van der Waals surface area contributed by atoms with Gasteiger partial charge in [0.15, 0.2) is 0 Å². The molecular formula is C8H10BrClIN. The van der Waals surface area contributed by atoms with Gasteiger partial charge in [0.2, 0.25) is 0 Å². The van der Waals surface area contributed by atoms with Crippen LogP contribution in [-0.4, -0.2) is 7.05 Å². The van der Waals surface area contributed by atoms with E-state index in [0.29, 0.717) is 0 Å². The highest BCUT2D eigenvalue weighted by molar-refractivity contribution is 14.1. The normalized spacial score (nSPS) is 9.25. The third-order valence-corrected chi connectivity index (χ3v) is 2.79. The topological polar surface area (TPSA) is 12.0 Å². The smallest absolute Gasteiger partial charge is 0.0230 e. The molecule has 1 N–H and O–H groups in total. The molecule has 0 aliphatic heterocycles. The van der Waals surface area contributed by atoms with Gasteiger partial charge in [0, 0.05) is 14.6 Å². The third kappa shape index (κ3) is 3.60. The Morgan fingerprint density at radius 3 is 2.67 bits per heavy atom. The van der Waals surface area contributed by atoms with Crippen LogP contribution in [0.4, 0.5) is 0 Å². The van der Waals surface area contributed by atoms with Crippen molar-refractivity contribution in [2.75, 3.05) is 7.05 Å². The van der Waals surface area contributed by atoms with Crippen LogP contribution in [0.2, 0.25) is 0 Å². The Bertz CT molecular complexity index is 255. The van der Waals surface area contributed by atoms with Crippen LogP contribution in [0, 0.1) is 3.57 Å². The zero-order valence-electron chi connectivity index (χ0n) is 6.60. The average molecular weight is 362 g/mol. The van der Waals surface area contributed by atoms with Gasteiger partial charge in [-0.1, -0.05) is 22.0 Å². The van der Waals surface area contributed by atoms with Gasteiger partial charge in [-0.2, -0.15) is 0 Å². The fourth-order valence-electron chi connectivity index (χ4n) is 0.855. The lowest BCUT2D eigenvalue weighted by Crippen LogP contribution is -2.05. The molecule has 0 atom stereocenters. The van der Waals surface area contributed by atoms with Crippen LogP contribution in [0.25, 0.3) is 0 Å². The summed E-state index contributed by atoms with van der Waals surface area (Å²) in [5, 5.41) is 3.11. The Labute approximate surface area is 101 Å². The first kappa shape index (κ1) is 12.7. The molecule has 0 amide bonds. The number of benzene rings is 1. The number of hydrogen-bond acceptors (Lipinski definition) is 1. The minimum Gasteiger partial charge on any atom is -0.316 e. The Morgan fingerprint density at radius 2 is 2.17 bits per heavy atom. The molecule has 0 saturated heterocycles. The minimum atomic E-state index is 0. The van der Waals surface area contributed by atoms with Crippen LogP contribution >= 0.6 is 50.9 Å². The van der Waals surface area contributed by atoms with E-state index in [2.05, 4.69) is 62.0 Å². The maximum atomic E-state index is 3.50. The van der Waals surface area contributed by atoms with Crippen LogP contribution < -0.4 is 5.32 Å². The third-order valence-electron chi connectivity index (χ3n) is 1.38. The van der Waals surface area contributed by atoms with Crippen molar-refractivity contribution in [3.63, 3.8) is 0 Å². The Morgan fingerprint density at radius 1 is 1.50 bits per heavy atom. The Hall–Kier alpha value is 0.680. The van der Waals surface area contributed by atoms with Crippen LogP contribution in [0.1, 0.15) is 5.56 Å². The van der Waals surface area contributed by atoms with E-state index < -0.39 is 0 Å². The molecule has 1 aromatic rings. The van der Waals surface area contributed by atoms with Crippen LogP contribution in [-0.2, 0) is 6.54 Å². The van der Waals surface area contributed by atoms with Crippen LogP contribution in [0.5, 0.6) is 0 Å². The molecule has 0 bridgehead atoms. The summed E-state index contributed by atoms with van der Waals surface area (Å²) in [6.07, 6.45) is 0. The van der Waals surface area contributed by atoms with E-state index >= 15 is 0 Å². The molecule has 4 heteroatoms. The van der Waals surface area contributed by atoms with E-state index in [9.17, 15) is 0 Å². The first-order valence-corrected chi connectivity index (χ1v) is 5.19. The molecule has 0 aromatic heterocycles. The van der Waals surface area contributed by atoms with Crippen molar-refractivity contribution in [1.29, 1.82) is 0 Å². The van der Waals surface area contributed by atoms with Crippen molar-refractivity contribution >= 4 is 50.9 Å². The van der Waals surface area contributed by atoms with E-state index in [-0.39, 0.29) is 12.4 Å². The summed E-state index contributed by atoms with van der Waals surface area (Å²) in [6.45, 7) is 0.914. The number of halogens is 3. The first-order valence-electron chi connectivity index (χ1n) is 3.32. The first-order chi connectivity index (χ1) is 5.24. The molecule has 0 saturated carbocycles. The van der Waals surface area contributed by atoms with Gasteiger partial charge in [-0.3, -0.25) is 0 Å². The maximum Gasteiger partial charge on any atom is 0.0230 e. The van der Waals surface area contributed by atoms with Crippen molar-refractivity contribution < 1.29 is 0 Å². The van der Waals surface area contributed by atoms with Gasteiger partial charge in [-0.05, 0) is 47.3 Å². The largest absolute Gasteiger partial charge is 0.316 e. The molecule has 1 rings (SSSR count). The monoisotopic (exact) mass is 361 g/mol. The summed E-state index contributed by atoms with van der Waals surface area (Å²) in [7, 11) is 1.95. The summed E-state index contributed by atoms with van der Waals surface area (Å²) in [4.78, 5) is 0. The lowest BCUT2D eigenvalue weighted by atomic mass is 10.2. The minimum absolute atomic E-state index is 0. The highest BCUT2D eigenvalue weighted by Crippen LogP contribution is 2.19. The molecule has 68 valence electrons.